The molecule has 0 heterocycles. The Labute approximate surface area is 114 Å². The van der Waals surface area contributed by atoms with Gasteiger partial charge in [0.15, 0.2) is 0 Å². The van der Waals surface area contributed by atoms with Crippen LogP contribution in [0.2, 0.25) is 0 Å². The van der Waals surface area contributed by atoms with Crippen molar-refractivity contribution in [3.8, 4) is 11.5 Å². The zero-order valence-electron chi connectivity index (χ0n) is 11.9. The van der Waals surface area contributed by atoms with Crippen LogP contribution in [0.25, 0.3) is 0 Å². The van der Waals surface area contributed by atoms with Crippen LogP contribution in [0, 0.1) is 0 Å². The third kappa shape index (κ3) is 5.18. The van der Waals surface area contributed by atoms with Crippen LogP contribution in [0.4, 0.5) is 0 Å². The maximum absolute atomic E-state index is 11.7. The van der Waals surface area contributed by atoms with E-state index in [-0.39, 0.29) is 12.3 Å². The molecule has 1 rings (SSSR count). The van der Waals surface area contributed by atoms with Crippen molar-refractivity contribution in [1.82, 2.24) is 5.32 Å². The molecule has 0 saturated heterocycles. The van der Waals surface area contributed by atoms with Gasteiger partial charge in [-0.15, -0.1) is 0 Å². The summed E-state index contributed by atoms with van der Waals surface area (Å²) in [6.07, 6.45) is 0.283. The van der Waals surface area contributed by atoms with E-state index in [1.807, 2.05) is 26.0 Å². The lowest BCUT2D eigenvalue weighted by atomic mass is 10.0. The minimum Gasteiger partial charge on any atom is -0.497 e. The number of carbonyl (C=O) groups excluding carboxylic acids is 1. The van der Waals surface area contributed by atoms with E-state index in [2.05, 4.69) is 5.32 Å². The molecule has 5 nitrogen and oxygen atoms in total. The fourth-order valence-corrected chi connectivity index (χ4v) is 1.67. The second-order valence-corrected chi connectivity index (χ2v) is 5.12. The van der Waals surface area contributed by atoms with E-state index in [1.54, 1.807) is 20.3 Å². The number of amides is 1. The first-order valence-corrected chi connectivity index (χ1v) is 6.12. The molecule has 0 unspecified atom stereocenters. The first kappa shape index (κ1) is 15.3. The lowest BCUT2D eigenvalue weighted by Gasteiger charge is -2.18. The molecule has 0 aliphatic rings. The van der Waals surface area contributed by atoms with E-state index in [0.717, 1.165) is 11.3 Å². The number of methoxy groups -OCH3 is 2. The van der Waals surface area contributed by atoms with Crippen LogP contribution in [0.5, 0.6) is 11.5 Å². The summed E-state index contributed by atoms with van der Waals surface area (Å²) >= 11 is 0. The summed E-state index contributed by atoms with van der Waals surface area (Å²) in [5, 5.41) is 2.83. The van der Waals surface area contributed by atoms with Crippen LogP contribution in [-0.2, 0) is 11.3 Å². The summed E-state index contributed by atoms with van der Waals surface area (Å²) in [6.45, 7) is 4.04. The highest BCUT2D eigenvalue weighted by Crippen LogP contribution is 2.24. The minimum atomic E-state index is -0.506. The zero-order valence-corrected chi connectivity index (χ0v) is 11.9. The van der Waals surface area contributed by atoms with Gasteiger partial charge < -0.3 is 20.5 Å². The highest BCUT2D eigenvalue weighted by atomic mass is 16.5. The third-order valence-electron chi connectivity index (χ3n) is 2.59. The molecule has 0 aliphatic heterocycles. The van der Waals surface area contributed by atoms with Gasteiger partial charge in [-0.2, -0.15) is 0 Å². The van der Waals surface area contributed by atoms with Crippen molar-refractivity contribution in [3.63, 3.8) is 0 Å². The first-order chi connectivity index (χ1) is 8.85. The summed E-state index contributed by atoms with van der Waals surface area (Å²) in [7, 11) is 3.18. The van der Waals surface area contributed by atoms with Crippen LogP contribution in [0.1, 0.15) is 25.8 Å². The predicted octanol–water partition coefficient (Wildman–Crippen LogP) is 1.45. The van der Waals surface area contributed by atoms with Gasteiger partial charge in [-0.1, -0.05) is 0 Å². The van der Waals surface area contributed by atoms with Gasteiger partial charge >= 0.3 is 0 Å². The normalized spacial score (nSPS) is 11.0. The monoisotopic (exact) mass is 266 g/mol. The summed E-state index contributed by atoms with van der Waals surface area (Å²) < 4.78 is 10.4. The van der Waals surface area contributed by atoms with Crippen molar-refractivity contribution in [1.29, 1.82) is 0 Å². The second-order valence-electron chi connectivity index (χ2n) is 5.12. The molecule has 0 spiro atoms. The SMILES string of the molecule is COc1ccc(CNC(=O)CC(C)(C)N)c(OC)c1. The van der Waals surface area contributed by atoms with Crippen molar-refractivity contribution in [2.24, 2.45) is 5.73 Å². The third-order valence-corrected chi connectivity index (χ3v) is 2.59. The summed E-state index contributed by atoms with van der Waals surface area (Å²) in [6, 6.07) is 5.48. The molecule has 0 bridgehead atoms. The highest BCUT2D eigenvalue weighted by Gasteiger charge is 2.16. The number of nitrogens with two attached hydrogens (primary N) is 1. The van der Waals surface area contributed by atoms with Gasteiger partial charge in [0.05, 0.1) is 14.2 Å². The molecule has 0 aromatic heterocycles. The molecule has 1 aromatic rings. The van der Waals surface area contributed by atoms with E-state index < -0.39 is 5.54 Å². The number of benzene rings is 1. The molecule has 106 valence electrons. The number of nitrogens with one attached hydrogen (secondary N) is 1. The van der Waals surface area contributed by atoms with Crippen molar-refractivity contribution >= 4 is 5.91 Å². The standard InChI is InChI=1S/C14H22N2O3/c1-14(2,15)8-13(17)16-9-10-5-6-11(18-3)7-12(10)19-4/h5-7H,8-9,15H2,1-4H3,(H,16,17). The molecule has 1 aromatic carbocycles. The average Bonchev–Trinajstić information content (AvgIpc) is 2.34. The minimum absolute atomic E-state index is 0.0784. The van der Waals surface area contributed by atoms with Crippen molar-refractivity contribution in [2.45, 2.75) is 32.4 Å². The molecule has 0 atom stereocenters. The zero-order chi connectivity index (χ0) is 14.5. The molecule has 0 radical (unpaired) electrons. The second kappa shape index (κ2) is 6.43. The van der Waals surface area contributed by atoms with E-state index in [4.69, 9.17) is 15.2 Å². The van der Waals surface area contributed by atoms with E-state index in [1.165, 1.54) is 0 Å². The van der Waals surface area contributed by atoms with Gasteiger partial charge in [0.1, 0.15) is 11.5 Å². The highest BCUT2D eigenvalue weighted by molar-refractivity contribution is 5.77. The van der Waals surface area contributed by atoms with Crippen LogP contribution in [-0.4, -0.2) is 25.7 Å². The molecule has 0 saturated carbocycles. The fourth-order valence-electron chi connectivity index (χ4n) is 1.67. The lowest BCUT2D eigenvalue weighted by molar-refractivity contribution is -0.122. The number of ether oxygens (including phenoxy) is 2. The molecule has 0 fully saturated rings. The predicted molar refractivity (Wildman–Crippen MR) is 74.3 cm³/mol. The lowest BCUT2D eigenvalue weighted by Crippen LogP contribution is -2.38. The number of rotatable bonds is 6. The van der Waals surface area contributed by atoms with Crippen LogP contribution in [0.3, 0.4) is 0 Å². The van der Waals surface area contributed by atoms with Gasteiger partial charge in [0, 0.05) is 30.1 Å². The van der Waals surface area contributed by atoms with Gasteiger partial charge in [-0.3, -0.25) is 4.79 Å². The van der Waals surface area contributed by atoms with Gasteiger partial charge in [-0.05, 0) is 26.0 Å². The van der Waals surface area contributed by atoms with Crippen LogP contribution < -0.4 is 20.5 Å². The van der Waals surface area contributed by atoms with E-state index >= 15 is 0 Å². The Kier molecular flexibility index (Phi) is 5.18. The fraction of sp³-hybridized carbons (Fsp3) is 0.500. The topological polar surface area (TPSA) is 73.6 Å². The van der Waals surface area contributed by atoms with E-state index in [9.17, 15) is 4.79 Å². The quantitative estimate of drug-likeness (QED) is 0.817. The van der Waals surface area contributed by atoms with E-state index in [0.29, 0.717) is 12.3 Å². The molecular formula is C14H22N2O3. The van der Waals surface area contributed by atoms with Crippen LogP contribution >= 0.6 is 0 Å². The first-order valence-electron chi connectivity index (χ1n) is 6.12. The molecular weight excluding hydrogens is 244 g/mol. The molecule has 3 N–H and O–H groups in total. The Morgan fingerprint density at radius 1 is 1.32 bits per heavy atom. The smallest absolute Gasteiger partial charge is 0.222 e. The molecule has 0 aliphatic carbocycles. The van der Waals surface area contributed by atoms with Gasteiger partial charge in [0.2, 0.25) is 5.91 Å². The van der Waals surface area contributed by atoms with Crippen molar-refractivity contribution in [3.05, 3.63) is 23.8 Å². The Bertz CT molecular complexity index is 439. The number of hydrogen-bond donors (Lipinski definition) is 2. The van der Waals surface area contributed by atoms with Crippen molar-refractivity contribution < 1.29 is 14.3 Å². The largest absolute Gasteiger partial charge is 0.497 e. The summed E-state index contributed by atoms with van der Waals surface area (Å²) in [5.74, 6) is 1.33. The molecule has 5 heteroatoms. The number of carbonyl (C=O) groups is 1. The average molecular weight is 266 g/mol. The summed E-state index contributed by atoms with van der Waals surface area (Å²) in [4.78, 5) is 11.7. The summed E-state index contributed by atoms with van der Waals surface area (Å²) in [5.41, 5.74) is 6.19. The van der Waals surface area contributed by atoms with Gasteiger partial charge in [-0.25, -0.2) is 0 Å². The van der Waals surface area contributed by atoms with Crippen LogP contribution in [0.15, 0.2) is 18.2 Å². The maximum atomic E-state index is 11.7. The molecule has 1 amide bonds. The Morgan fingerprint density at radius 2 is 2.00 bits per heavy atom. The molecule has 19 heavy (non-hydrogen) atoms. The number of hydrogen-bond acceptors (Lipinski definition) is 4. The Balaban J connectivity index is 2.65. The maximum Gasteiger partial charge on any atom is 0.222 e. The van der Waals surface area contributed by atoms with Crippen molar-refractivity contribution in [2.75, 3.05) is 14.2 Å². The Morgan fingerprint density at radius 3 is 2.53 bits per heavy atom. The van der Waals surface area contributed by atoms with Gasteiger partial charge in [0.25, 0.3) is 0 Å². The Hall–Kier alpha value is -1.75.